The monoisotopic (exact) mass is 384 g/mol. The summed E-state index contributed by atoms with van der Waals surface area (Å²) < 4.78 is 30.9. The van der Waals surface area contributed by atoms with Crippen LogP contribution in [0.4, 0.5) is 5.69 Å². The van der Waals surface area contributed by atoms with Crippen LogP contribution in [0.25, 0.3) is 0 Å². The number of rotatable bonds is 7. The van der Waals surface area contributed by atoms with Crippen LogP contribution in [0.1, 0.15) is 48.0 Å². The Morgan fingerprint density at radius 1 is 1.15 bits per heavy atom. The number of amides is 1. The molecule has 1 aromatic rings. The Labute approximate surface area is 158 Å². The van der Waals surface area contributed by atoms with Gasteiger partial charge in [-0.3, -0.25) is 9.10 Å². The Hall–Kier alpha value is -1.76. The fourth-order valence-electron chi connectivity index (χ4n) is 3.35. The molecule has 0 fully saturated rings. The summed E-state index contributed by atoms with van der Waals surface area (Å²) in [5, 5.41) is 2.99. The molecule has 0 aromatic heterocycles. The van der Waals surface area contributed by atoms with Gasteiger partial charge in [0, 0.05) is 5.54 Å². The molecule has 7 heteroatoms. The van der Waals surface area contributed by atoms with Crippen LogP contribution in [0.2, 0.25) is 0 Å². The van der Waals surface area contributed by atoms with Crippen LogP contribution in [-0.2, 0) is 14.8 Å². The van der Waals surface area contributed by atoms with Crippen LogP contribution in [0.3, 0.4) is 0 Å². The van der Waals surface area contributed by atoms with Crippen LogP contribution < -0.4 is 14.4 Å². The van der Waals surface area contributed by atoms with Gasteiger partial charge >= 0.3 is 0 Å². The van der Waals surface area contributed by atoms with Gasteiger partial charge in [-0.25, -0.2) is 8.42 Å². The number of carbonyl (C=O) groups is 1. The maximum Gasteiger partial charge on any atom is 0.244 e. The Bertz CT molecular complexity index is 719. The summed E-state index contributed by atoms with van der Waals surface area (Å²) >= 11 is 0. The standard InChI is InChI=1S/C19H32N2O4S/c1-14(17(22)20-19(5,6)13-18(2,3)4)21(26(8,23)24)15-9-11-16(25-7)12-10-15/h9-12,14H,13H2,1-8H3,(H,20,22)/t14-/m0/s1. The van der Waals surface area contributed by atoms with E-state index in [1.165, 1.54) is 7.11 Å². The van der Waals surface area contributed by atoms with Gasteiger partial charge in [0.25, 0.3) is 0 Å². The van der Waals surface area contributed by atoms with Crippen molar-refractivity contribution in [1.29, 1.82) is 0 Å². The van der Waals surface area contributed by atoms with Crippen molar-refractivity contribution >= 4 is 21.6 Å². The molecule has 1 rings (SSSR count). The van der Waals surface area contributed by atoms with Gasteiger partial charge in [-0.15, -0.1) is 0 Å². The molecule has 0 heterocycles. The van der Waals surface area contributed by atoms with E-state index in [0.717, 1.165) is 17.0 Å². The molecule has 0 saturated carbocycles. The Balaban J connectivity index is 3.09. The van der Waals surface area contributed by atoms with Gasteiger partial charge in [0.05, 0.1) is 19.1 Å². The molecular weight excluding hydrogens is 352 g/mol. The lowest BCUT2D eigenvalue weighted by Crippen LogP contribution is -2.54. The molecular formula is C19H32N2O4S. The van der Waals surface area contributed by atoms with Crippen LogP contribution in [0.5, 0.6) is 5.75 Å². The molecule has 0 spiro atoms. The molecule has 1 amide bonds. The van der Waals surface area contributed by atoms with Crippen molar-refractivity contribution < 1.29 is 17.9 Å². The zero-order valence-corrected chi connectivity index (χ0v) is 17.9. The van der Waals surface area contributed by atoms with Crippen molar-refractivity contribution in [2.45, 2.75) is 59.5 Å². The first-order chi connectivity index (χ1) is 11.7. The summed E-state index contributed by atoms with van der Waals surface area (Å²) in [4.78, 5) is 12.8. The van der Waals surface area contributed by atoms with Gasteiger partial charge in [-0.2, -0.15) is 0 Å². The lowest BCUT2D eigenvalue weighted by molar-refractivity contribution is -0.123. The van der Waals surface area contributed by atoms with Crippen molar-refractivity contribution in [3.05, 3.63) is 24.3 Å². The maximum atomic E-state index is 12.8. The van der Waals surface area contributed by atoms with E-state index in [0.29, 0.717) is 11.4 Å². The SMILES string of the molecule is COc1ccc(N([C@@H](C)C(=O)NC(C)(C)CC(C)(C)C)S(C)(=O)=O)cc1. The van der Waals surface area contributed by atoms with Crippen LogP contribution in [0.15, 0.2) is 24.3 Å². The topological polar surface area (TPSA) is 75.7 Å². The molecule has 0 radical (unpaired) electrons. The minimum absolute atomic E-state index is 0.0342. The molecule has 0 aliphatic rings. The van der Waals surface area contributed by atoms with Crippen molar-refractivity contribution in [3.8, 4) is 5.75 Å². The first-order valence-corrected chi connectivity index (χ1v) is 10.5. The van der Waals surface area contributed by atoms with Crippen molar-refractivity contribution in [2.24, 2.45) is 5.41 Å². The van der Waals surface area contributed by atoms with Gasteiger partial charge in [0.15, 0.2) is 0 Å². The molecule has 0 aliphatic heterocycles. The minimum atomic E-state index is -3.64. The van der Waals surface area contributed by atoms with E-state index >= 15 is 0 Å². The number of ether oxygens (including phenoxy) is 1. The van der Waals surface area contributed by atoms with E-state index in [4.69, 9.17) is 4.74 Å². The average Bonchev–Trinajstić information content (AvgIpc) is 2.43. The third-order valence-electron chi connectivity index (χ3n) is 3.85. The molecule has 0 saturated heterocycles. The highest BCUT2D eigenvalue weighted by atomic mass is 32.2. The molecule has 0 unspecified atom stereocenters. The highest BCUT2D eigenvalue weighted by Crippen LogP contribution is 2.28. The predicted octanol–water partition coefficient (Wildman–Crippen LogP) is 3.18. The molecule has 26 heavy (non-hydrogen) atoms. The van der Waals surface area contributed by atoms with E-state index in [9.17, 15) is 13.2 Å². The second-order valence-corrected chi connectivity index (χ2v) is 10.4. The molecule has 6 nitrogen and oxygen atoms in total. The molecule has 1 aromatic carbocycles. The van der Waals surface area contributed by atoms with Gasteiger partial charge in [-0.05, 0) is 56.9 Å². The summed E-state index contributed by atoms with van der Waals surface area (Å²) in [6, 6.07) is 5.72. The van der Waals surface area contributed by atoms with Gasteiger partial charge < -0.3 is 10.1 Å². The van der Waals surface area contributed by atoms with Gasteiger partial charge in [-0.1, -0.05) is 20.8 Å². The summed E-state index contributed by atoms with van der Waals surface area (Å²) in [5.41, 5.74) is 0.00344. The lowest BCUT2D eigenvalue weighted by atomic mass is 9.81. The normalized spacial score (nSPS) is 13.8. The third kappa shape index (κ3) is 6.52. The second-order valence-electron chi connectivity index (χ2n) is 8.54. The minimum Gasteiger partial charge on any atom is -0.497 e. The number of anilines is 1. The quantitative estimate of drug-likeness (QED) is 0.783. The number of benzene rings is 1. The lowest BCUT2D eigenvalue weighted by Gasteiger charge is -2.36. The fraction of sp³-hybridized carbons (Fsp3) is 0.632. The zero-order chi connectivity index (χ0) is 20.3. The van der Waals surface area contributed by atoms with Gasteiger partial charge in [0.1, 0.15) is 11.8 Å². The number of sulfonamides is 1. The number of carbonyl (C=O) groups excluding carboxylic acids is 1. The van der Waals surface area contributed by atoms with E-state index in [2.05, 4.69) is 26.1 Å². The number of hydrogen-bond donors (Lipinski definition) is 1. The van der Waals surface area contributed by atoms with Crippen LogP contribution in [-0.4, -0.2) is 39.3 Å². The maximum absolute atomic E-state index is 12.8. The average molecular weight is 385 g/mol. The Morgan fingerprint density at radius 2 is 1.65 bits per heavy atom. The van der Waals surface area contributed by atoms with Gasteiger partial charge in [0.2, 0.25) is 15.9 Å². The largest absolute Gasteiger partial charge is 0.497 e. The van der Waals surface area contributed by atoms with E-state index in [-0.39, 0.29) is 11.3 Å². The van der Waals surface area contributed by atoms with Crippen LogP contribution >= 0.6 is 0 Å². The van der Waals surface area contributed by atoms with Crippen molar-refractivity contribution in [3.63, 3.8) is 0 Å². The third-order valence-corrected chi connectivity index (χ3v) is 5.09. The first-order valence-electron chi connectivity index (χ1n) is 8.62. The number of hydrogen-bond acceptors (Lipinski definition) is 4. The van der Waals surface area contributed by atoms with E-state index in [1.807, 2.05) is 13.8 Å². The fourth-order valence-corrected chi connectivity index (χ4v) is 4.52. The molecule has 148 valence electrons. The molecule has 0 bridgehead atoms. The van der Waals surface area contributed by atoms with Crippen LogP contribution in [0, 0.1) is 5.41 Å². The highest BCUT2D eigenvalue weighted by Gasteiger charge is 2.33. The summed E-state index contributed by atoms with van der Waals surface area (Å²) in [5.74, 6) is 0.283. The number of nitrogens with zero attached hydrogens (tertiary/aromatic N) is 1. The summed E-state index contributed by atoms with van der Waals surface area (Å²) in [7, 11) is -2.10. The Kier molecular flexibility index (Phi) is 6.74. The molecule has 1 N–H and O–H groups in total. The molecule has 1 atom stereocenters. The smallest absolute Gasteiger partial charge is 0.244 e. The second kappa shape index (κ2) is 7.86. The molecule has 0 aliphatic carbocycles. The first kappa shape index (κ1) is 22.3. The highest BCUT2D eigenvalue weighted by molar-refractivity contribution is 7.92. The van der Waals surface area contributed by atoms with E-state index < -0.39 is 21.6 Å². The Morgan fingerprint density at radius 3 is 2.04 bits per heavy atom. The van der Waals surface area contributed by atoms with Crippen molar-refractivity contribution in [1.82, 2.24) is 5.32 Å². The predicted molar refractivity (Wildman–Crippen MR) is 106 cm³/mol. The summed E-state index contributed by atoms with van der Waals surface area (Å²) in [6.07, 6.45) is 1.86. The summed E-state index contributed by atoms with van der Waals surface area (Å²) in [6.45, 7) is 11.8. The zero-order valence-electron chi connectivity index (χ0n) is 17.1. The van der Waals surface area contributed by atoms with E-state index in [1.54, 1.807) is 31.2 Å². The number of methoxy groups -OCH3 is 1. The number of nitrogens with one attached hydrogen (secondary N) is 1. The van der Waals surface area contributed by atoms with Crippen molar-refractivity contribution in [2.75, 3.05) is 17.7 Å².